The molecule has 0 saturated carbocycles. The van der Waals surface area contributed by atoms with E-state index in [0.29, 0.717) is 0 Å². The van der Waals surface area contributed by atoms with Gasteiger partial charge in [-0.05, 0) is 130 Å². The largest absolute Gasteiger partial charge is 0.310 e. The van der Waals surface area contributed by atoms with Crippen molar-refractivity contribution in [3.8, 4) is 78.4 Å². The van der Waals surface area contributed by atoms with Crippen LogP contribution in [0.1, 0.15) is 0 Å². The van der Waals surface area contributed by atoms with Crippen LogP contribution in [-0.2, 0) is 0 Å². The molecule has 0 atom stereocenters. The van der Waals surface area contributed by atoms with Crippen LogP contribution in [0.5, 0.6) is 0 Å². The molecule has 0 unspecified atom stereocenters. The first-order valence-corrected chi connectivity index (χ1v) is 27.0. The van der Waals surface area contributed by atoms with Crippen LogP contribution in [0.2, 0.25) is 0 Å². The van der Waals surface area contributed by atoms with Gasteiger partial charge in [-0.1, -0.05) is 206 Å². The molecule has 0 radical (unpaired) electrons. The zero-order valence-electron chi connectivity index (χ0n) is 43.7. The lowest BCUT2D eigenvalue weighted by Gasteiger charge is -2.27. The first-order valence-electron chi connectivity index (χ1n) is 27.0. The molecule has 0 amide bonds. The van der Waals surface area contributed by atoms with Crippen LogP contribution in [0.4, 0.5) is 34.1 Å². The van der Waals surface area contributed by atoms with Gasteiger partial charge in [0.15, 0.2) is 0 Å². The molecule has 0 aliphatic heterocycles. The standard InChI is InChI=1S/C74H52N6/c1-5-21-53(22-6-1)59-29-17-33-65(49-59)79(67-35-19-31-61(51-67)73-71(57-25-9-3-10-26-57)75-69-37-13-15-47-77(69)73)63-43-39-55(40-44-63)56-41-45-64(46-42-56)80(66-34-18-30-60(50-66)54-23-7-2-8-24-54)68-36-20-32-62(52-68)74-72(58-27-11-4-12-28-58)76-70-38-14-16-48-78(70)74/h1-52H. The summed E-state index contributed by atoms with van der Waals surface area (Å²) in [5, 5.41) is 0. The van der Waals surface area contributed by atoms with E-state index >= 15 is 0 Å². The summed E-state index contributed by atoms with van der Waals surface area (Å²) in [7, 11) is 0. The van der Waals surface area contributed by atoms with Crippen molar-refractivity contribution in [3.63, 3.8) is 0 Å². The molecule has 0 aliphatic carbocycles. The molecule has 0 N–H and O–H groups in total. The lowest BCUT2D eigenvalue weighted by Crippen LogP contribution is -2.10. The number of fused-ring (bicyclic) bond motifs is 2. The van der Waals surface area contributed by atoms with Crippen molar-refractivity contribution >= 4 is 45.4 Å². The summed E-state index contributed by atoms with van der Waals surface area (Å²) in [5.74, 6) is 0. The first kappa shape index (κ1) is 47.6. The van der Waals surface area contributed by atoms with E-state index in [-0.39, 0.29) is 0 Å². The molecule has 0 bridgehead atoms. The van der Waals surface area contributed by atoms with Crippen molar-refractivity contribution < 1.29 is 0 Å². The molecule has 0 aliphatic rings. The number of hydrogen-bond acceptors (Lipinski definition) is 4. The van der Waals surface area contributed by atoms with Crippen molar-refractivity contribution in [2.45, 2.75) is 0 Å². The number of imidazole rings is 2. The Morgan fingerprint density at radius 2 is 0.500 bits per heavy atom. The average Bonchev–Trinajstić information content (AvgIpc) is 4.15. The van der Waals surface area contributed by atoms with Crippen LogP contribution >= 0.6 is 0 Å². The van der Waals surface area contributed by atoms with Crippen molar-refractivity contribution in [3.05, 3.63) is 316 Å². The molecular weight excluding hydrogens is 973 g/mol. The highest BCUT2D eigenvalue weighted by atomic mass is 15.1. The van der Waals surface area contributed by atoms with Gasteiger partial charge in [-0.25, -0.2) is 9.97 Å². The van der Waals surface area contributed by atoms with Gasteiger partial charge >= 0.3 is 0 Å². The fourth-order valence-corrected chi connectivity index (χ4v) is 11.1. The number of nitrogens with zero attached hydrogens (tertiary/aromatic N) is 6. The molecule has 0 saturated heterocycles. The van der Waals surface area contributed by atoms with E-state index < -0.39 is 0 Å². The minimum atomic E-state index is 0.902. The second-order valence-corrected chi connectivity index (χ2v) is 19.9. The highest BCUT2D eigenvalue weighted by Gasteiger charge is 2.22. The molecule has 14 rings (SSSR count). The van der Waals surface area contributed by atoms with Crippen LogP contribution in [0.15, 0.2) is 316 Å². The minimum Gasteiger partial charge on any atom is -0.310 e. The highest BCUT2D eigenvalue weighted by molar-refractivity contribution is 5.89. The highest BCUT2D eigenvalue weighted by Crippen LogP contribution is 2.44. The maximum atomic E-state index is 5.17. The Labute approximate surface area is 465 Å². The number of rotatable bonds is 13. The summed E-state index contributed by atoms with van der Waals surface area (Å²) in [6.45, 7) is 0. The van der Waals surface area contributed by atoms with Crippen LogP contribution < -0.4 is 9.80 Å². The first-order chi connectivity index (χ1) is 39.7. The smallest absolute Gasteiger partial charge is 0.137 e. The number of pyridine rings is 2. The number of aromatic nitrogens is 4. The summed E-state index contributed by atoms with van der Waals surface area (Å²) in [5.41, 5.74) is 23.2. The van der Waals surface area contributed by atoms with Gasteiger partial charge in [-0.2, -0.15) is 0 Å². The van der Waals surface area contributed by atoms with Crippen LogP contribution in [-0.4, -0.2) is 18.8 Å². The third kappa shape index (κ3) is 9.16. The van der Waals surface area contributed by atoms with Gasteiger partial charge in [0.2, 0.25) is 0 Å². The Morgan fingerprint density at radius 1 is 0.212 bits per heavy atom. The Morgan fingerprint density at radius 3 is 0.863 bits per heavy atom. The third-order valence-corrected chi connectivity index (χ3v) is 14.9. The number of benzene rings is 10. The van der Waals surface area contributed by atoms with Crippen LogP contribution in [0.3, 0.4) is 0 Å². The average molecular weight is 1030 g/mol. The zero-order valence-corrected chi connectivity index (χ0v) is 43.7. The molecule has 0 fully saturated rings. The van der Waals surface area contributed by atoms with Gasteiger partial charge in [0.25, 0.3) is 0 Å². The van der Waals surface area contributed by atoms with Crippen molar-refractivity contribution in [2.24, 2.45) is 0 Å². The maximum absolute atomic E-state index is 5.17. The monoisotopic (exact) mass is 1020 g/mol. The molecule has 14 aromatic rings. The summed E-state index contributed by atoms with van der Waals surface area (Å²) in [6, 6.07) is 108. The topological polar surface area (TPSA) is 41.1 Å². The Balaban J connectivity index is 0.848. The second-order valence-electron chi connectivity index (χ2n) is 19.9. The van der Waals surface area contributed by atoms with E-state index in [2.05, 4.69) is 322 Å². The normalized spacial score (nSPS) is 11.2. The van der Waals surface area contributed by atoms with Gasteiger partial charge < -0.3 is 9.80 Å². The predicted octanol–water partition coefficient (Wildman–Crippen LogP) is 19.6. The van der Waals surface area contributed by atoms with Gasteiger partial charge in [-0.15, -0.1) is 0 Å². The minimum absolute atomic E-state index is 0.902. The predicted molar refractivity (Wildman–Crippen MR) is 331 cm³/mol. The summed E-state index contributed by atoms with van der Waals surface area (Å²) in [6.07, 6.45) is 4.21. The maximum Gasteiger partial charge on any atom is 0.137 e. The van der Waals surface area contributed by atoms with Gasteiger partial charge in [-0.3, -0.25) is 8.80 Å². The Bertz CT molecular complexity index is 4170. The van der Waals surface area contributed by atoms with Crippen molar-refractivity contribution in [1.82, 2.24) is 18.8 Å². The molecule has 4 aromatic heterocycles. The lowest BCUT2D eigenvalue weighted by molar-refractivity contribution is 1.19. The third-order valence-electron chi connectivity index (χ3n) is 14.9. The van der Waals surface area contributed by atoms with Crippen molar-refractivity contribution in [1.29, 1.82) is 0 Å². The lowest BCUT2D eigenvalue weighted by atomic mass is 10.0. The molecule has 80 heavy (non-hydrogen) atoms. The number of hydrogen-bond donors (Lipinski definition) is 0. The zero-order chi connectivity index (χ0) is 53.2. The molecule has 4 heterocycles. The van der Waals surface area contributed by atoms with Crippen LogP contribution in [0, 0.1) is 0 Å². The quantitative estimate of drug-likeness (QED) is 0.115. The summed E-state index contributed by atoms with van der Waals surface area (Å²) in [4.78, 5) is 15.1. The Hall–Kier alpha value is -10.8. The van der Waals surface area contributed by atoms with E-state index in [4.69, 9.17) is 9.97 Å². The van der Waals surface area contributed by atoms with Crippen molar-refractivity contribution in [2.75, 3.05) is 9.80 Å². The summed E-state index contributed by atoms with van der Waals surface area (Å²) >= 11 is 0. The van der Waals surface area contributed by atoms with Gasteiger partial charge in [0, 0.05) is 68.8 Å². The van der Waals surface area contributed by atoms with Gasteiger partial charge in [0.05, 0.1) is 22.8 Å². The number of anilines is 6. The van der Waals surface area contributed by atoms with E-state index in [1.807, 2.05) is 12.1 Å². The van der Waals surface area contributed by atoms with Crippen LogP contribution in [0.25, 0.3) is 89.7 Å². The van der Waals surface area contributed by atoms with E-state index in [9.17, 15) is 0 Å². The van der Waals surface area contributed by atoms with Gasteiger partial charge in [0.1, 0.15) is 11.3 Å². The van der Waals surface area contributed by atoms with E-state index in [1.54, 1.807) is 0 Å². The molecule has 10 aromatic carbocycles. The Kier molecular flexibility index (Phi) is 12.5. The fraction of sp³-hybridized carbons (Fsp3) is 0. The summed E-state index contributed by atoms with van der Waals surface area (Å²) < 4.78 is 4.40. The molecule has 6 heteroatoms. The molecular formula is C74H52N6. The SMILES string of the molecule is c1ccc(-c2cccc(N(c3ccc(-c4ccc(N(c5cccc(-c6ccccc6)c5)c5cccc(-c6c(-c7ccccc7)nc7ccccn67)c5)cc4)cc3)c3cccc(-c4c(-c5ccccc5)nc5ccccn45)c3)c2)cc1. The second kappa shape index (κ2) is 21.0. The van der Waals surface area contributed by atoms with E-state index in [1.165, 1.54) is 11.1 Å². The van der Waals surface area contributed by atoms with E-state index in [0.717, 1.165) is 113 Å². The fourth-order valence-electron chi connectivity index (χ4n) is 11.1. The molecule has 0 spiro atoms. The molecule has 378 valence electrons. The molecule has 6 nitrogen and oxygen atoms in total.